The smallest absolute Gasteiger partial charge is 0.251 e. The molecule has 0 bridgehead atoms. The zero-order valence-electron chi connectivity index (χ0n) is 13.4. The van der Waals surface area contributed by atoms with Gasteiger partial charge in [-0.3, -0.25) is 4.79 Å². The van der Waals surface area contributed by atoms with Crippen LogP contribution < -0.4 is 5.32 Å². The largest absolute Gasteiger partial charge is 0.352 e. The van der Waals surface area contributed by atoms with Crippen molar-refractivity contribution < 1.29 is 21.6 Å². The Morgan fingerprint density at radius 3 is 2.35 bits per heavy atom. The molecule has 1 amide bonds. The van der Waals surface area contributed by atoms with Crippen molar-refractivity contribution in [3.63, 3.8) is 0 Å². The third kappa shape index (κ3) is 6.28. The minimum absolute atomic E-state index is 0.0828. The molecule has 1 rings (SSSR count). The molecule has 0 heterocycles. The summed E-state index contributed by atoms with van der Waals surface area (Å²) in [5.41, 5.74) is 0.253. The van der Waals surface area contributed by atoms with E-state index in [0.29, 0.717) is 26.1 Å². The first-order valence-electron chi connectivity index (χ1n) is 7.09. The lowest BCUT2D eigenvalue weighted by Gasteiger charge is -2.17. The normalized spacial score (nSPS) is 12.3. The van der Waals surface area contributed by atoms with Crippen molar-refractivity contribution >= 4 is 25.8 Å². The number of carbonyl (C=O) groups excluding carboxylic acids is 1. The van der Waals surface area contributed by atoms with Crippen LogP contribution in [-0.4, -0.2) is 59.2 Å². The molecule has 0 saturated heterocycles. The highest BCUT2D eigenvalue weighted by Crippen LogP contribution is 2.11. The van der Waals surface area contributed by atoms with E-state index in [1.807, 2.05) is 0 Å². The van der Waals surface area contributed by atoms with Crippen molar-refractivity contribution in [2.75, 3.05) is 32.1 Å². The molecule has 0 fully saturated rings. The second-order valence-corrected chi connectivity index (χ2v) is 9.16. The van der Waals surface area contributed by atoms with Crippen molar-refractivity contribution in [3.8, 4) is 0 Å². The van der Waals surface area contributed by atoms with Gasteiger partial charge in [-0.05, 0) is 24.6 Å². The van der Waals surface area contributed by atoms with Crippen LogP contribution in [-0.2, 0) is 19.9 Å². The summed E-state index contributed by atoms with van der Waals surface area (Å²) in [5, 5.41) is 2.65. The predicted octanol–water partition coefficient (Wildman–Crippen LogP) is 0.492. The molecule has 0 radical (unpaired) electrons. The molecule has 0 aromatic heterocycles. The van der Waals surface area contributed by atoms with Crippen LogP contribution in [0.25, 0.3) is 0 Å². The lowest BCUT2D eigenvalue weighted by atomic mass is 10.2. The minimum Gasteiger partial charge on any atom is -0.352 e. The molecule has 0 saturated carbocycles. The summed E-state index contributed by atoms with van der Waals surface area (Å²) in [5.74, 6) is -0.391. The Morgan fingerprint density at radius 1 is 1.17 bits per heavy atom. The monoisotopic (exact) mass is 362 g/mol. The Hall–Kier alpha value is -1.45. The molecule has 0 spiro atoms. The number of hydrogen-bond acceptors (Lipinski definition) is 5. The molecule has 9 heteroatoms. The van der Waals surface area contributed by atoms with Crippen LogP contribution in [0.3, 0.4) is 0 Å². The fourth-order valence-electron chi connectivity index (χ4n) is 1.99. The number of hydrogen-bond donors (Lipinski definition) is 1. The second kappa shape index (κ2) is 7.89. The number of sulfonamides is 1. The SMILES string of the molecule is CCN(CCCNC(=O)c1cccc(S(C)(=O)=O)c1)S(C)(=O)=O. The molecule has 7 nitrogen and oxygen atoms in total. The van der Waals surface area contributed by atoms with E-state index >= 15 is 0 Å². The first-order valence-corrected chi connectivity index (χ1v) is 10.8. The number of nitrogens with zero attached hydrogens (tertiary/aromatic N) is 1. The van der Waals surface area contributed by atoms with E-state index in [0.717, 1.165) is 12.5 Å². The molecule has 1 aromatic carbocycles. The maximum atomic E-state index is 12.0. The lowest BCUT2D eigenvalue weighted by Crippen LogP contribution is -2.33. The van der Waals surface area contributed by atoms with Crippen molar-refractivity contribution in [3.05, 3.63) is 29.8 Å². The molecule has 0 atom stereocenters. The number of carbonyl (C=O) groups is 1. The quantitative estimate of drug-likeness (QED) is 0.679. The predicted molar refractivity (Wildman–Crippen MR) is 88.6 cm³/mol. The van der Waals surface area contributed by atoms with Crippen LogP contribution in [0.5, 0.6) is 0 Å². The lowest BCUT2D eigenvalue weighted by molar-refractivity contribution is 0.0952. The van der Waals surface area contributed by atoms with Crippen LogP contribution in [0, 0.1) is 0 Å². The van der Waals surface area contributed by atoms with E-state index in [1.165, 1.54) is 28.6 Å². The van der Waals surface area contributed by atoms with Gasteiger partial charge in [0.25, 0.3) is 5.91 Å². The van der Waals surface area contributed by atoms with Gasteiger partial charge in [0, 0.05) is 31.5 Å². The maximum Gasteiger partial charge on any atom is 0.251 e. The zero-order valence-corrected chi connectivity index (χ0v) is 15.1. The summed E-state index contributed by atoms with van der Waals surface area (Å²) in [6.07, 6.45) is 2.69. The number of sulfone groups is 1. The minimum atomic E-state index is -3.37. The van der Waals surface area contributed by atoms with Crippen molar-refractivity contribution in [1.29, 1.82) is 0 Å². The number of nitrogens with one attached hydrogen (secondary N) is 1. The number of benzene rings is 1. The Labute approximate surface area is 137 Å². The van der Waals surface area contributed by atoms with Gasteiger partial charge in [0.05, 0.1) is 11.2 Å². The zero-order chi connectivity index (χ0) is 17.7. The summed E-state index contributed by atoms with van der Waals surface area (Å²) in [4.78, 5) is 12.1. The highest BCUT2D eigenvalue weighted by molar-refractivity contribution is 7.90. The topological polar surface area (TPSA) is 101 Å². The molecular weight excluding hydrogens is 340 g/mol. The van der Waals surface area contributed by atoms with Crippen molar-refractivity contribution in [1.82, 2.24) is 9.62 Å². The summed E-state index contributed by atoms with van der Waals surface area (Å²) in [7, 11) is -6.60. The fourth-order valence-corrected chi connectivity index (χ4v) is 3.58. The third-order valence-corrected chi connectivity index (χ3v) is 5.70. The van der Waals surface area contributed by atoms with Crippen LogP contribution in [0.1, 0.15) is 23.7 Å². The van der Waals surface area contributed by atoms with Gasteiger partial charge in [0.1, 0.15) is 0 Å². The van der Waals surface area contributed by atoms with Gasteiger partial charge < -0.3 is 5.32 Å². The van der Waals surface area contributed by atoms with Crippen LogP contribution in [0.15, 0.2) is 29.2 Å². The van der Waals surface area contributed by atoms with E-state index in [4.69, 9.17) is 0 Å². The molecule has 0 aliphatic rings. The molecule has 130 valence electrons. The molecule has 1 aromatic rings. The van der Waals surface area contributed by atoms with Crippen LogP contribution in [0.4, 0.5) is 0 Å². The molecule has 1 N–H and O–H groups in total. The van der Waals surface area contributed by atoms with Crippen LogP contribution in [0.2, 0.25) is 0 Å². The summed E-state index contributed by atoms with van der Waals surface area (Å²) >= 11 is 0. The van der Waals surface area contributed by atoms with E-state index in [2.05, 4.69) is 5.32 Å². The highest BCUT2D eigenvalue weighted by Gasteiger charge is 2.14. The van der Waals surface area contributed by atoms with Gasteiger partial charge in [0.15, 0.2) is 9.84 Å². The Balaban J connectivity index is 2.58. The van der Waals surface area contributed by atoms with Crippen molar-refractivity contribution in [2.24, 2.45) is 0 Å². The summed E-state index contributed by atoms with van der Waals surface area (Å²) in [6.45, 7) is 2.74. The first-order chi connectivity index (χ1) is 10.6. The van der Waals surface area contributed by atoms with Gasteiger partial charge in [-0.25, -0.2) is 21.1 Å². The number of rotatable bonds is 8. The first kappa shape index (κ1) is 19.6. The van der Waals surface area contributed by atoms with E-state index in [9.17, 15) is 21.6 Å². The fraction of sp³-hybridized carbons (Fsp3) is 0.500. The standard InChI is InChI=1S/C14H22N2O5S2/c1-4-16(23(3,20)21)10-6-9-15-14(17)12-7-5-8-13(11-12)22(2,18)19/h5,7-8,11H,4,6,9-10H2,1-3H3,(H,15,17). The summed E-state index contributed by atoms with van der Waals surface area (Å²) in [6, 6.07) is 5.78. The molecule has 23 heavy (non-hydrogen) atoms. The van der Waals surface area contributed by atoms with E-state index < -0.39 is 25.8 Å². The van der Waals surface area contributed by atoms with Gasteiger partial charge in [-0.1, -0.05) is 13.0 Å². The van der Waals surface area contributed by atoms with Gasteiger partial charge in [-0.15, -0.1) is 0 Å². The Bertz CT molecular complexity index is 757. The Morgan fingerprint density at radius 2 is 1.83 bits per heavy atom. The van der Waals surface area contributed by atoms with E-state index in [1.54, 1.807) is 6.92 Å². The molecule has 0 aliphatic carbocycles. The van der Waals surface area contributed by atoms with Gasteiger partial charge in [-0.2, -0.15) is 0 Å². The molecule has 0 aliphatic heterocycles. The average Bonchev–Trinajstić information content (AvgIpc) is 2.45. The van der Waals surface area contributed by atoms with Gasteiger partial charge in [0.2, 0.25) is 10.0 Å². The Kier molecular flexibility index (Phi) is 6.72. The number of amides is 1. The second-order valence-electron chi connectivity index (χ2n) is 5.16. The maximum absolute atomic E-state index is 12.0. The van der Waals surface area contributed by atoms with Gasteiger partial charge >= 0.3 is 0 Å². The summed E-state index contributed by atoms with van der Waals surface area (Å²) < 4.78 is 47.1. The van der Waals surface area contributed by atoms with Crippen LogP contribution >= 0.6 is 0 Å². The van der Waals surface area contributed by atoms with Crippen molar-refractivity contribution in [2.45, 2.75) is 18.2 Å². The molecule has 0 unspecified atom stereocenters. The average molecular weight is 362 g/mol. The van der Waals surface area contributed by atoms with E-state index in [-0.39, 0.29) is 10.5 Å². The third-order valence-electron chi connectivity index (χ3n) is 3.22. The highest BCUT2D eigenvalue weighted by atomic mass is 32.2. The molecular formula is C14H22N2O5S2.